The molecule has 0 unspecified atom stereocenters. The van der Waals surface area contributed by atoms with E-state index in [2.05, 4.69) is 15.6 Å². The molecule has 0 bridgehead atoms. The molecule has 1 saturated carbocycles. The van der Waals surface area contributed by atoms with Crippen molar-refractivity contribution in [2.45, 2.75) is 26.9 Å². The van der Waals surface area contributed by atoms with Crippen molar-refractivity contribution in [2.24, 2.45) is 11.3 Å². The van der Waals surface area contributed by atoms with Gasteiger partial charge in [0, 0.05) is 41.0 Å². The van der Waals surface area contributed by atoms with Gasteiger partial charge in [-0.2, -0.15) is 0 Å². The van der Waals surface area contributed by atoms with Crippen LogP contribution >= 0.6 is 0 Å². The van der Waals surface area contributed by atoms with Crippen molar-refractivity contribution in [3.8, 4) is 23.0 Å². The molecule has 0 saturated heterocycles. The Morgan fingerprint density at radius 1 is 0.913 bits per heavy atom. The van der Waals surface area contributed by atoms with Gasteiger partial charge in [-0.3, -0.25) is 14.6 Å². The molecule has 46 heavy (non-hydrogen) atoms. The fourth-order valence-corrected chi connectivity index (χ4v) is 4.76. The zero-order chi connectivity index (χ0) is 32.7. The third-order valence-electron chi connectivity index (χ3n) is 7.54. The Balaban J connectivity index is 0.000000356. The Labute approximate surface area is 265 Å². The number of benzene rings is 4. The Kier molecular flexibility index (Phi) is 9.76. The Morgan fingerprint density at radius 3 is 2.28 bits per heavy atom. The third kappa shape index (κ3) is 7.95. The molecule has 8 nitrogen and oxygen atoms in total. The minimum atomic E-state index is -0.581. The van der Waals surface area contributed by atoms with E-state index in [1.165, 1.54) is 36.4 Å². The van der Waals surface area contributed by atoms with Crippen molar-refractivity contribution >= 4 is 34.6 Å². The van der Waals surface area contributed by atoms with E-state index in [0.717, 1.165) is 12.0 Å². The average molecular weight is 626 g/mol. The minimum absolute atomic E-state index is 0.00158. The average Bonchev–Trinajstić information content (AvgIpc) is 3.71. The highest BCUT2D eigenvalue weighted by Gasteiger charge is 2.50. The van der Waals surface area contributed by atoms with Gasteiger partial charge < -0.3 is 24.8 Å². The van der Waals surface area contributed by atoms with Gasteiger partial charge >= 0.3 is 0 Å². The van der Waals surface area contributed by atoms with E-state index in [1.807, 2.05) is 44.2 Å². The normalized spacial score (nSPS) is 14.3. The van der Waals surface area contributed by atoms with Gasteiger partial charge in [-0.1, -0.05) is 44.2 Å². The van der Waals surface area contributed by atoms with Crippen LogP contribution in [0.4, 0.5) is 20.2 Å². The number of nitrogens with zero attached hydrogens (tertiary/aromatic N) is 1. The minimum Gasteiger partial charge on any atom is -0.493 e. The van der Waals surface area contributed by atoms with Gasteiger partial charge in [-0.05, 0) is 65.9 Å². The second-order valence-electron chi connectivity index (χ2n) is 11.4. The molecule has 2 amide bonds. The van der Waals surface area contributed by atoms with Crippen LogP contribution in [0.1, 0.15) is 25.8 Å². The molecule has 1 aromatic heterocycles. The number of ether oxygens (including phenoxy) is 3. The fourth-order valence-electron chi connectivity index (χ4n) is 4.76. The molecule has 1 aliphatic rings. The molecular weight excluding hydrogens is 592 g/mol. The van der Waals surface area contributed by atoms with Gasteiger partial charge in [0.1, 0.15) is 18.2 Å². The number of anilines is 2. The second kappa shape index (κ2) is 14.1. The third-order valence-corrected chi connectivity index (χ3v) is 7.54. The number of fused-ring (bicyclic) bond motifs is 1. The maximum absolute atomic E-state index is 14.9. The maximum atomic E-state index is 14.9. The van der Waals surface area contributed by atoms with Gasteiger partial charge in [-0.15, -0.1) is 0 Å². The SMILES string of the molecule is COc1cc2c(Oc3ccc(NC(=O)[C@H]4CC4(C)C)cc3F)ccnc2cc1OCc1ccccc1.O=CNc1ccc(F)cc1. The van der Waals surface area contributed by atoms with Crippen molar-refractivity contribution < 1.29 is 32.6 Å². The first-order valence-corrected chi connectivity index (χ1v) is 14.5. The highest BCUT2D eigenvalue weighted by molar-refractivity contribution is 5.95. The summed E-state index contributed by atoms with van der Waals surface area (Å²) >= 11 is 0. The monoisotopic (exact) mass is 625 g/mol. The van der Waals surface area contributed by atoms with Gasteiger partial charge in [0.2, 0.25) is 12.3 Å². The molecule has 236 valence electrons. The van der Waals surface area contributed by atoms with E-state index in [0.29, 0.717) is 52.5 Å². The largest absolute Gasteiger partial charge is 0.493 e. The van der Waals surface area contributed by atoms with Crippen LogP contribution in [0.3, 0.4) is 0 Å². The lowest BCUT2D eigenvalue weighted by atomic mass is 10.1. The molecule has 0 spiro atoms. The van der Waals surface area contributed by atoms with Gasteiger partial charge in [0.05, 0.1) is 12.6 Å². The quantitative estimate of drug-likeness (QED) is 0.152. The highest BCUT2D eigenvalue weighted by atomic mass is 19.1. The van der Waals surface area contributed by atoms with Crippen molar-refractivity contribution in [3.63, 3.8) is 0 Å². The Bertz CT molecular complexity index is 1830. The first-order chi connectivity index (χ1) is 22.2. The number of nitrogens with one attached hydrogen (secondary N) is 2. The van der Waals surface area contributed by atoms with Crippen LogP contribution in [0.2, 0.25) is 0 Å². The van der Waals surface area contributed by atoms with Crippen LogP contribution in [0.5, 0.6) is 23.0 Å². The van der Waals surface area contributed by atoms with Gasteiger partial charge in [0.25, 0.3) is 0 Å². The van der Waals surface area contributed by atoms with Crippen LogP contribution in [-0.2, 0) is 16.2 Å². The molecule has 1 atom stereocenters. The van der Waals surface area contributed by atoms with E-state index in [4.69, 9.17) is 14.2 Å². The van der Waals surface area contributed by atoms with Gasteiger partial charge in [-0.25, -0.2) is 8.78 Å². The number of rotatable bonds is 10. The summed E-state index contributed by atoms with van der Waals surface area (Å²) < 4.78 is 44.5. The Hall–Kier alpha value is -5.51. The number of pyridine rings is 1. The maximum Gasteiger partial charge on any atom is 0.228 e. The molecule has 10 heteroatoms. The number of carbonyl (C=O) groups excluding carboxylic acids is 2. The topological polar surface area (TPSA) is 98.8 Å². The molecule has 6 rings (SSSR count). The lowest BCUT2D eigenvalue weighted by molar-refractivity contribution is -0.118. The highest BCUT2D eigenvalue weighted by Crippen LogP contribution is 2.52. The van der Waals surface area contributed by atoms with E-state index in [9.17, 15) is 18.4 Å². The Morgan fingerprint density at radius 2 is 1.63 bits per heavy atom. The lowest BCUT2D eigenvalue weighted by Crippen LogP contribution is -2.16. The molecule has 1 fully saturated rings. The number of halogens is 2. The summed E-state index contributed by atoms with van der Waals surface area (Å²) in [5.74, 6) is 0.487. The lowest BCUT2D eigenvalue weighted by Gasteiger charge is -2.14. The standard InChI is InChI=1S/C29H27FN2O4.C7H6FNO/c1-29(2)16-21(29)28(33)32-19-9-10-25(22(30)13-19)36-24-11-12-31-23-15-27(26(34-3)14-20(23)24)35-17-18-7-5-4-6-8-18;8-6-1-3-7(4-2-6)9-5-10/h4-15,21H,16-17H2,1-3H3,(H,32,33);1-5H,(H,9,10)/t21-;/m1./s1. The summed E-state index contributed by atoms with van der Waals surface area (Å²) in [6.07, 6.45) is 2.97. The number of methoxy groups -OCH3 is 1. The molecule has 1 aliphatic carbocycles. The molecule has 0 radical (unpaired) electrons. The van der Waals surface area contributed by atoms with Crippen LogP contribution in [0.25, 0.3) is 10.9 Å². The van der Waals surface area contributed by atoms with Crippen molar-refractivity contribution in [3.05, 3.63) is 114 Å². The smallest absolute Gasteiger partial charge is 0.228 e. The summed E-state index contributed by atoms with van der Waals surface area (Å²) in [6, 6.07) is 25.0. The fraction of sp³-hybridized carbons (Fsp3) is 0.194. The van der Waals surface area contributed by atoms with Crippen LogP contribution in [0.15, 0.2) is 97.2 Å². The number of amides is 2. The number of hydrogen-bond donors (Lipinski definition) is 2. The zero-order valence-electron chi connectivity index (χ0n) is 25.6. The van der Waals surface area contributed by atoms with E-state index in [-0.39, 0.29) is 28.8 Å². The number of carbonyl (C=O) groups is 2. The predicted octanol–water partition coefficient (Wildman–Crippen LogP) is 8.13. The van der Waals surface area contributed by atoms with Gasteiger partial charge in [0.15, 0.2) is 23.1 Å². The van der Waals surface area contributed by atoms with Crippen LogP contribution in [0, 0.1) is 23.0 Å². The summed E-state index contributed by atoms with van der Waals surface area (Å²) in [6.45, 7) is 4.47. The molecule has 1 heterocycles. The first-order valence-electron chi connectivity index (χ1n) is 14.5. The summed E-state index contributed by atoms with van der Waals surface area (Å²) in [5.41, 5.74) is 2.64. The molecular formula is C36H33F2N3O5. The van der Waals surface area contributed by atoms with Crippen molar-refractivity contribution in [2.75, 3.05) is 17.7 Å². The van der Waals surface area contributed by atoms with Crippen LogP contribution < -0.4 is 24.8 Å². The van der Waals surface area contributed by atoms with Crippen LogP contribution in [-0.4, -0.2) is 24.4 Å². The van der Waals surface area contributed by atoms with E-state index < -0.39 is 5.82 Å². The molecule has 5 aromatic rings. The molecule has 2 N–H and O–H groups in total. The number of hydrogen-bond acceptors (Lipinski definition) is 6. The molecule has 4 aromatic carbocycles. The van der Waals surface area contributed by atoms with Crippen molar-refractivity contribution in [1.82, 2.24) is 4.98 Å². The van der Waals surface area contributed by atoms with E-state index in [1.54, 1.807) is 37.6 Å². The first kappa shape index (κ1) is 31.9. The summed E-state index contributed by atoms with van der Waals surface area (Å²) in [7, 11) is 1.56. The second-order valence-corrected chi connectivity index (χ2v) is 11.4. The predicted molar refractivity (Wildman–Crippen MR) is 172 cm³/mol. The van der Waals surface area contributed by atoms with Crippen molar-refractivity contribution in [1.29, 1.82) is 0 Å². The zero-order valence-corrected chi connectivity index (χ0v) is 25.6. The summed E-state index contributed by atoms with van der Waals surface area (Å²) in [5, 5.41) is 5.83. The molecule has 0 aliphatic heterocycles. The summed E-state index contributed by atoms with van der Waals surface area (Å²) in [4.78, 5) is 26.6. The number of aromatic nitrogens is 1. The van der Waals surface area contributed by atoms with E-state index >= 15 is 0 Å².